The van der Waals surface area contributed by atoms with Gasteiger partial charge in [0.2, 0.25) is 5.91 Å². The number of nitrogens with zero attached hydrogens (tertiary/aromatic N) is 1. The Morgan fingerprint density at radius 1 is 1.00 bits per heavy atom. The van der Waals surface area contributed by atoms with Crippen LogP contribution in [-0.2, 0) is 4.79 Å². The van der Waals surface area contributed by atoms with Crippen LogP contribution in [0.1, 0.15) is 44.9 Å². The van der Waals surface area contributed by atoms with E-state index < -0.39 is 0 Å². The summed E-state index contributed by atoms with van der Waals surface area (Å²) in [7, 11) is 0. The van der Waals surface area contributed by atoms with Gasteiger partial charge >= 0.3 is 0 Å². The molecule has 2 N–H and O–H groups in total. The van der Waals surface area contributed by atoms with Crippen molar-refractivity contribution in [2.45, 2.75) is 51.0 Å². The molecule has 0 aromatic heterocycles. The predicted octanol–water partition coefficient (Wildman–Crippen LogP) is 1.76. The van der Waals surface area contributed by atoms with Crippen molar-refractivity contribution in [1.29, 1.82) is 0 Å². The zero-order chi connectivity index (χ0) is 11.8. The summed E-state index contributed by atoms with van der Waals surface area (Å²) in [5.41, 5.74) is 6.06. The zero-order valence-electron chi connectivity index (χ0n) is 10.6. The normalized spacial score (nSPS) is 32.8. The van der Waals surface area contributed by atoms with Gasteiger partial charge in [-0.05, 0) is 50.4 Å². The fraction of sp³-hybridized carbons (Fsp3) is 0.929. The Morgan fingerprint density at radius 2 is 1.59 bits per heavy atom. The molecule has 3 fully saturated rings. The topological polar surface area (TPSA) is 46.3 Å². The smallest absolute Gasteiger partial charge is 0.227 e. The summed E-state index contributed by atoms with van der Waals surface area (Å²) in [5.74, 6) is 2.10. The van der Waals surface area contributed by atoms with Gasteiger partial charge in [0.1, 0.15) is 0 Å². The number of amides is 1. The van der Waals surface area contributed by atoms with Crippen LogP contribution in [0.5, 0.6) is 0 Å². The van der Waals surface area contributed by atoms with Gasteiger partial charge in [0.15, 0.2) is 0 Å². The van der Waals surface area contributed by atoms with E-state index in [9.17, 15) is 4.79 Å². The largest absolute Gasteiger partial charge is 0.342 e. The van der Waals surface area contributed by atoms with Crippen LogP contribution in [0.4, 0.5) is 0 Å². The summed E-state index contributed by atoms with van der Waals surface area (Å²) in [6.45, 7) is 2.02. The molecule has 0 spiro atoms. The maximum Gasteiger partial charge on any atom is 0.227 e. The van der Waals surface area contributed by atoms with E-state index in [1.807, 2.05) is 0 Å². The van der Waals surface area contributed by atoms with Crippen molar-refractivity contribution in [2.75, 3.05) is 13.1 Å². The molecule has 96 valence electrons. The molecule has 3 aliphatic rings. The Labute approximate surface area is 104 Å². The summed E-state index contributed by atoms with van der Waals surface area (Å²) in [5, 5.41) is 0. The lowest BCUT2D eigenvalue weighted by Crippen LogP contribution is -2.43. The van der Waals surface area contributed by atoms with Gasteiger partial charge in [-0.25, -0.2) is 0 Å². The van der Waals surface area contributed by atoms with E-state index in [2.05, 4.69) is 4.90 Å². The number of carbonyl (C=O) groups is 1. The second kappa shape index (κ2) is 4.60. The van der Waals surface area contributed by atoms with Gasteiger partial charge in [0, 0.05) is 19.1 Å². The number of nitrogens with two attached hydrogens (primary N) is 1. The molecule has 0 saturated heterocycles. The lowest BCUT2D eigenvalue weighted by Gasteiger charge is -2.27. The van der Waals surface area contributed by atoms with Crippen LogP contribution < -0.4 is 5.73 Å². The van der Waals surface area contributed by atoms with Crippen LogP contribution in [0.25, 0.3) is 0 Å². The van der Waals surface area contributed by atoms with E-state index in [1.165, 1.54) is 25.7 Å². The molecule has 0 aliphatic heterocycles. The SMILES string of the molecule is N[C@H]1CCC[C@@H]1C(=O)N(CC1CC1)CC1CC1. The van der Waals surface area contributed by atoms with Gasteiger partial charge in [-0.1, -0.05) is 6.42 Å². The first-order valence-corrected chi connectivity index (χ1v) is 7.28. The Hall–Kier alpha value is -0.570. The lowest BCUT2D eigenvalue weighted by molar-refractivity contribution is -0.136. The maximum atomic E-state index is 12.5. The molecular formula is C14H24N2O. The van der Waals surface area contributed by atoms with Crippen molar-refractivity contribution >= 4 is 5.91 Å². The van der Waals surface area contributed by atoms with E-state index in [0.717, 1.165) is 44.2 Å². The van der Waals surface area contributed by atoms with Crippen LogP contribution in [0.3, 0.4) is 0 Å². The Bertz CT molecular complexity index is 283. The standard InChI is InChI=1S/C14H24N2O/c15-13-3-1-2-12(13)14(17)16(8-10-4-5-10)9-11-6-7-11/h10-13H,1-9,15H2/t12-,13-/m0/s1. The highest BCUT2D eigenvalue weighted by Gasteiger charge is 2.37. The summed E-state index contributed by atoms with van der Waals surface area (Å²) in [6, 6.07) is 0.128. The second-order valence-corrected chi connectivity index (χ2v) is 6.33. The molecule has 0 aromatic rings. The molecule has 3 aliphatic carbocycles. The van der Waals surface area contributed by atoms with Crippen LogP contribution >= 0.6 is 0 Å². The van der Waals surface area contributed by atoms with Gasteiger partial charge in [0.25, 0.3) is 0 Å². The van der Waals surface area contributed by atoms with E-state index in [4.69, 9.17) is 5.73 Å². The highest BCUT2D eigenvalue weighted by molar-refractivity contribution is 5.80. The minimum Gasteiger partial charge on any atom is -0.342 e. The minimum atomic E-state index is 0.128. The molecule has 0 aromatic carbocycles. The molecule has 17 heavy (non-hydrogen) atoms. The van der Waals surface area contributed by atoms with Crippen LogP contribution in [0.2, 0.25) is 0 Å². The predicted molar refractivity (Wildman–Crippen MR) is 67.3 cm³/mol. The van der Waals surface area contributed by atoms with Crippen molar-refractivity contribution in [3.8, 4) is 0 Å². The Balaban J connectivity index is 1.60. The first kappa shape index (κ1) is 11.5. The van der Waals surface area contributed by atoms with E-state index in [1.54, 1.807) is 0 Å². The summed E-state index contributed by atoms with van der Waals surface area (Å²) in [4.78, 5) is 14.7. The second-order valence-electron chi connectivity index (χ2n) is 6.33. The highest BCUT2D eigenvalue weighted by Crippen LogP contribution is 2.35. The van der Waals surface area contributed by atoms with Crippen LogP contribution in [0, 0.1) is 17.8 Å². The number of rotatable bonds is 5. The van der Waals surface area contributed by atoms with Crippen molar-refractivity contribution in [3.05, 3.63) is 0 Å². The molecule has 0 bridgehead atoms. The van der Waals surface area contributed by atoms with Gasteiger partial charge in [-0.2, -0.15) is 0 Å². The van der Waals surface area contributed by atoms with E-state index >= 15 is 0 Å². The molecule has 0 radical (unpaired) electrons. The highest BCUT2D eigenvalue weighted by atomic mass is 16.2. The van der Waals surface area contributed by atoms with Crippen molar-refractivity contribution in [3.63, 3.8) is 0 Å². The molecule has 0 heterocycles. The third kappa shape index (κ3) is 2.82. The number of hydrogen-bond donors (Lipinski definition) is 1. The van der Waals surface area contributed by atoms with Gasteiger partial charge in [-0.3, -0.25) is 4.79 Å². The summed E-state index contributed by atoms with van der Waals surface area (Å²) in [6.07, 6.45) is 8.49. The number of hydrogen-bond acceptors (Lipinski definition) is 2. The van der Waals surface area contributed by atoms with Gasteiger partial charge in [-0.15, -0.1) is 0 Å². The molecule has 2 atom stereocenters. The van der Waals surface area contributed by atoms with Crippen molar-refractivity contribution in [2.24, 2.45) is 23.5 Å². The molecule has 3 saturated carbocycles. The third-order valence-electron chi connectivity index (χ3n) is 4.55. The average Bonchev–Trinajstić information content (AvgIpc) is 3.21. The van der Waals surface area contributed by atoms with E-state index in [-0.39, 0.29) is 12.0 Å². The van der Waals surface area contributed by atoms with Gasteiger partial charge < -0.3 is 10.6 Å². The molecule has 3 rings (SSSR count). The molecular weight excluding hydrogens is 212 g/mol. The lowest BCUT2D eigenvalue weighted by atomic mass is 10.0. The minimum absolute atomic E-state index is 0.128. The average molecular weight is 236 g/mol. The number of carbonyl (C=O) groups excluding carboxylic acids is 1. The molecule has 0 unspecified atom stereocenters. The first-order valence-electron chi connectivity index (χ1n) is 7.28. The monoisotopic (exact) mass is 236 g/mol. The molecule has 3 nitrogen and oxygen atoms in total. The summed E-state index contributed by atoms with van der Waals surface area (Å²) >= 11 is 0. The molecule has 1 amide bonds. The van der Waals surface area contributed by atoms with Crippen molar-refractivity contribution < 1.29 is 4.79 Å². The third-order valence-corrected chi connectivity index (χ3v) is 4.55. The quantitative estimate of drug-likeness (QED) is 0.790. The van der Waals surface area contributed by atoms with Crippen LogP contribution in [0.15, 0.2) is 0 Å². The fourth-order valence-electron chi connectivity index (χ4n) is 3.01. The Morgan fingerprint density at radius 3 is 2.00 bits per heavy atom. The summed E-state index contributed by atoms with van der Waals surface area (Å²) < 4.78 is 0. The zero-order valence-corrected chi connectivity index (χ0v) is 10.6. The van der Waals surface area contributed by atoms with Crippen LogP contribution in [-0.4, -0.2) is 29.9 Å². The van der Waals surface area contributed by atoms with Crippen molar-refractivity contribution in [1.82, 2.24) is 4.90 Å². The van der Waals surface area contributed by atoms with Gasteiger partial charge in [0.05, 0.1) is 5.92 Å². The Kier molecular flexibility index (Phi) is 3.12. The molecule has 3 heteroatoms. The first-order chi connectivity index (χ1) is 8.24. The fourth-order valence-corrected chi connectivity index (χ4v) is 3.01. The maximum absolute atomic E-state index is 12.5. The van der Waals surface area contributed by atoms with E-state index in [0.29, 0.717) is 5.91 Å².